The van der Waals surface area contributed by atoms with Crippen LogP contribution in [0.25, 0.3) is 10.9 Å². The topological polar surface area (TPSA) is 47.5 Å². The van der Waals surface area contributed by atoms with Gasteiger partial charge >= 0.3 is 6.61 Å². The molecule has 0 amide bonds. The summed E-state index contributed by atoms with van der Waals surface area (Å²) in [4.78, 5) is 10.7. The average molecular weight is 373 g/mol. The zero-order valence-electron chi connectivity index (χ0n) is 15.4. The van der Waals surface area contributed by atoms with E-state index in [2.05, 4.69) is 14.7 Å². The molecule has 0 N–H and O–H groups in total. The molecule has 0 aliphatic carbocycles. The van der Waals surface area contributed by atoms with Crippen LogP contribution in [-0.4, -0.2) is 30.2 Å². The summed E-state index contributed by atoms with van der Waals surface area (Å²) in [6.45, 7) is 1.80. The summed E-state index contributed by atoms with van der Waals surface area (Å²) >= 11 is 0. The van der Waals surface area contributed by atoms with Crippen LogP contribution >= 0.6 is 0 Å². The van der Waals surface area contributed by atoms with Gasteiger partial charge in [-0.25, -0.2) is 9.97 Å². The Bertz CT molecular complexity index is 934. The maximum Gasteiger partial charge on any atom is 0.387 e. The molecule has 0 aliphatic rings. The standard InChI is InChI=1S/C20H21F2N3O2/c1-4-26-18-10-14(6-8-17(18)27-20(21)22)11-25(3)19-15-9-13(2)5-7-16(15)23-12-24-19/h5-10,12,20H,4,11H2,1-3H3. The SMILES string of the molecule is CCOc1cc(CN(C)c2ncnc3ccc(C)cc23)ccc1OC(F)F. The molecule has 3 aromatic rings. The summed E-state index contributed by atoms with van der Waals surface area (Å²) in [5.74, 6) is 1.13. The Kier molecular flexibility index (Phi) is 5.69. The van der Waals surface area contributed by atoms with E-state index in [1.165, 1.54) is 12.4 Å². The number of anilines is 1. The molecule has 0 radical (unpaired) electrons. The Morgan fingerprint density at radius 1 is 1.07 bits per heavy atom. The normalized spacial score (nSPS) is 11.0. The molecule has 0 fully saturated rings. The van der Waals surface area contributed by atoms with Crippen molar-refractivity contribution >= 4 is 16.7 Å². The molecule has 1 heterocycles. The molecule has 5 nitrogen and oxygen atoms in total. The second-order valence-electron chi connectivity index (χ2n) is 6.17. The van der Waals surface area contributed by atoms with E-state index >= 15 is 0 Å². The van der Waals surface area contributed by atoms with Crippen LogP contribution in [-0.2, 0) is 6.54 Å². The summed E-state index contributed by atoms with van der Waals surface area (Å²) in [5.41, 5.74) is 2.88. The van der Waals surface area contributed by atoms with Crippen molar-refractivity contribution < 1.29 is 18.3 Å². The number of hydrogen-bond acceptors (Lipinski definition) is 5. The molecule has 0 bridgehead atoms. The van der Waals surface area contributed by atoms with E-state index in [0.29, 0.717) is 18.9 Å². The zero-order chi connectivity index (χ0) is 19.4. The minimum absolute atomic E-state index is 0.0290. The first kappa shape index (κ1) is 18.8. The zero-order valence-corrected chi connectivity index (χ0v) is 15.4. The molecule has 0 saturated carbocycles. The van der Waals surface area contributed by atoms with E-state index in [0.717, 1.165) is 27.8 Å². The van der Waals surface area contributed by atoms with E-state index < -0.39 is 6.61 Å². The van der Waals surface area contributed by atoms with Gasteiger partial charge in [0.05, 0.1) is 12.1 Å². The van der Waals surface area contributed by atoms with Crippen LogP contribution < -0.4 is 14.4 Å². The number of benzene rings is 2. The first-order chi connectivity index (χ1) is 13.0. The molecule has 1 aromatic heterocycles. The fraction of sp³-hybridized carbons (Fsp3) is 0.300. The molecule has 2 aromatic carbocycles. The van der Waals surface area contributed by atoms with Crippen LogP contribution in [0.3, 0.4) is 0 Å². The highest BCUT2D eigenvalue weighted by atomic mass is 19.3. The van der Waals surface area contributed by atoms with Gasteiger partial charge in [0.1, 0.15) is 12.1 Å². The highest BCUT2D eigenvalue weighted by Gasteiger charge is 2.14. The predicted molar refractivity (Wildman–Crippen MR) is 101 cm³/mol. The number of rotatable bonds is 7. The van der Waals surface area contributed by atoms with E-state index in [-0.39, 0.29) is 5.75 Å². The number of hydrogen-bond donors (Lipinski definition) is 0. The van der Waals surface area contributed by atoms with Crippen LogP contribution in [0.1, 0.15) is 18.1 Å². The van der Waals surface area contributed by atoms with Crippen molar-refractivity contribution in [2.24, 2.45) is 0 Å². The first-order valence-corrected chi connectivity index (χ1v) is 8.61. The van der Waals surface area contributed by atoms with E-state index in [1.54, 1.807) is 19.1 Å². The fourth-order valence-electron chi connectivity index (χ4n) is 2.92. The third-order valence-electron chi connectivity index (χ3n) is 4.08. The van der Waals surface area contributed by atoms with E-state index in [9.17, 15) is 8.78 Å². The molecular formula is C20H21F2N3O2. The number of aryl methyl sites for hydroxylation is 1. The molecule has 3 rings (SSSR count). The van der Waals surface area contributed by atoms with Gasteiger partial charge in [-0.2, -0.15) is 8.78 Å². The largest absolute Gasteiger partial charge is 0.490 e. The summed E-state index contributed by atoms with van der Waals surface area (Å²) in [6, 6.07) is 11.0. The number of nitrogens with zero attached hydrogens (tertiary/aromatic N) is 3. The average Bonchev–Trinajstić information content (AvgIpc) is 2.63. The van der Waals surface area contributed by atoms with E-state index in [1.807, 2.05) is 37.1 Å². The summed E-state index contributed by atoms with van der Waals surface area (Å²) in [5, 5.41) is 0.961. The van der Waals surface area contributed by atoms with Crippen molar-refractivity contribution in [2.75, 3.05) is 18.6 Å². The van der Waals surface area contributed by atoms with Crippen molar-refractivity contribution in [3.63, 3.8) is 0 Å². The smallest absolute Gasteiger partial charge is 0.387 e. The van der Waals surface area contributed by atoms with Crippen LogP contribution in [0, 0.1) is 6.92 Å². The van der Waals surface area contributed by atoms with Gasteiger partial charge in [0, 0.05) is 19.0 Å². The Labute approximate surface area is 156 Å². The molecule has 27 heavy (non-hydrogen) atoms. The highest BCUT2D eigenvalue weighted by molar-refractivity contribution is 5.89. The van der Waals surface area contributed by atoms with Gasteiger partial charge in [-0.15, -0.1) is 0 Å². The van der Waals surface area contributed by atoms with Crippen LogP contribution in [0.2, 0.25) is 0 Å². The molecule has 0 unspecified atom stereocenters. The minimum atomic E-state index is -2.90. The maximum atomic E-state index is 12.6. The molecule has 142 valence electrons. The lowest BCUT2D eigenvalue weighted by atomic mass is 10.1. The number of aromatic nitrogens is 2. The van der Waals surface area contributed by atoms with Crippen LogP contribution in [0.5, 0.6) is 11.5 Å². The fourth-order valence-corrected chi connectivity index (χ4v) is 2.92. The predicted octanol–water partition coefficient (Wildman–Crippen LogP) is 4.57. The van der Waals surface area contributed by atoms with Crippen molar-refractivity contribution in [3.8, 4) is 11.5 Å². The molecule has 7 heteroatoms. The van der Waals surface area contributed by atoms with Gasteiger partial charge in [0.25, 0.3) is 0 Å². The van der Waals surface area contributed by atoms with Crippen molar-refractivity contribution in [3.05, 3.63) is 53.9 Å². The Hall–Kier alpha value is -2.96. The number of ether oxygens (including phenoxy) is 2. The highest BCUT2D eigenvalue weighted by Crippen LogP contribution is 2.31. The first-order valence-electron chi connectivity index (χ1n) is 8.61. The van der Waals surface area contributed by atoms with Crippen LogP contribution in [0.15, 0.2) is 42.7 Å². The van der Waals surface area contributed by atoms with Gasteiger partial charge in [-0.05, 0) is 43.7 Å². The van der Waals surface area contributed by atoms with Gasteiger partial charge in [-0.3, -0.25) is 0 Å². The lowest BCUT2D eigenvalue weighted by Crippen LogP contribution is -2.18. The Morgan fingerprint density at radius 2 is 1.89 bits per heavy atom. The summed E-state index contributed by atoms with van der Waals surface area (Å²) in [7, 11) is 1.92. The second kappa shape index (κ2) is 8.16. The number of halogens is 2. The second-order valence-corrected chi connectivity index (χ2v) is 6.17. The van der Waals surface area contributed by atoms with Crippen LogP contribution in [0.4, 0.5) is 14.6 Å². The monoisotopic (exact) mass is 373 g/mol. The Morgan fingerprint density at radius 3 is 2.63 bits per heavy atom. The number of fused-ring (bicyclic) bond motifs is 1. The van der Waals surface area contributed by atoms with Crippen molar-refractivity contribution in [1.82, 2.24) is 9.97 Å². The number of alkyl halides is 2. The summed E-state index contributed by atoms with van der Waals surface area (Å²) < 4.78 is 35.1. The molecule has 0 spiro atoms. The lowest BCUT2D eigenvalue weighted by molar-refractivity contribution is -0.0514. The summed E-state index contributed by atoms with van der Waals surface area (Å²) in [6.07, 6.45) is 1.54. The molecule has 0 aliphatic heterocycles. The lowest BCUT2D eigenvalue weighted by Gasteiger charge is -2.21. The van der Waals surface area contributed by atoms with Gasteiger partial charge in [-0.1, -0.05) is 17.7 Å². The van der Waals surface area contributed by atoms with Gasteiger partial charge in [0.15, 0.2) is 11.5 Å². The molecule has 0 atom stereocenters. The minimum Gasteiger partial charge on any atom is -0.490 e. The molecule has 0 saturated heterocycles. The quantitative estimate of drug-likeness (QED) is 0.607. The van der Waals surface area contributed by atoms with Crippen molar-refractivity contribution in [1.29, 1.82) is 0 Å². The van der Waals surface area contributed by atoms with Crippen molar-refractivity contribution in [2.45, 2.75) is 27.0 Å². The maximum absolute atomic E-state index is 12.6. The Balaban J connectivity index is 1.89. The van der Waals surface area contributed by atoms with E-state index in [4.69, 9.17) is 4.74 Å². The third kappa shape index (κ3) is 4.42. The molecular weight excluding hydrogens is 352 g/mol. The third-order valence-corrected chi connectivity index (χ3v) is 4.08. The van der Waals surface area contributed by atoms with Gasteiger partial charge in [0.2, 0.25) is 0 Å². The van der Waals surface area contributed by atoms with Gasteiger partial charge < -0.3 is 14.4 Å².